The van der Waals surface area contributed by atoms with Gasteiger partial charge in [-0.25, -0.2) is 4.79 Å². The van der Waals surface area contributed by atoms with Crippen molar-refractivity contribution in [3.63, 3.8) is 0 Å². The van der Waals surface area contributed by atoms with Crippen LogP contribution >= 0.6 is 0 Å². The molecule has 10 nitrogen and oxygen atoms in total. The van der Waals surface area contributed by atoms with E-state index in [1.54, 1.807) is 0 Å². The molecule has 0 bridgehead atoms. The number of benzene rings is 1. The quantitative estimate of drug-likeness (QED) is 0.221. The summed E-state index contributed by atoms with van der Waals surface area (Å²) in [6, 6.07) is 4.52. The molecule has 2 heterocycles. The number of amides is 1. The smallest absolute Gasteiger partial charge is 0.326 e. The number of carbonyl (C=O) groups is 3. The molecule has 0 aromatic heterocycles. The number of rotatable bonds is 8. The summed E-state index contributed by atoms with van der Waals surface area (Å²) < 4.78 is 0. The van der Waals surface area contributed by atoms with Gasteiger partial charge < -0.3 is 26.6 Å². The van der Waals surface area contributed by atoms with Crippen molar-refractivity contribution < 1.29 is 24.6 Å². The number of guanidine groups is 1. The second kappa shape index (κ2) is 9.78. The van der Waals surface area contributed by atoms with E-state index in [4.69, 9.17) is 11.5 Å². The van der Waals surface area contributed by atoms with Gasteiger partial charge in [0.25, 0.3) is 0 Å². The van der Waals surface area contributed by atoms with Crippen molar-refractivity contribution in [1.82, 2.24) is 10.2 Å². The zero-order valence-corrected chi connectivity index (χ0v) is 17.2. The number of carbonyl (C=O) groups excluding carboxylic acids is 1. The van der Waals surface area contributed by atoms with Gasteiger partial charge in [0.2, 0.25) is 5.91 Å². The molecular weight excluding hydrogens is 402 g/mol. The van der Waals surface area contributed by atoms with Crippen LogP contribution in [-0.2, 0) is 20.8 Å². The SMILES string of the molecule is NC(N)=NCCC[C@H](N[C@H]1Cc2ccccc2C2CCCC(C(=O)O)N2C1=O)C(=O)O. The Morgan fingerprint density at radius 2 is 1.97 bits per heavy atom. The Balaban J connectivity index is 1.87. The van der Waals surface area contributed by atoms with Crippen molar-refractivity contribution in [3.05, 3.63) is 35.4 Å². The molecule has 31 heavy (non-hydrogen) atoms. The number of aliphatic carboxylic acids is 2. The van der Waals surface area contributed by atoms with Crippen LogP contribution in [-0.4, -0.2) is 63.6 Å². The number of carboxylic acids is 2. The average molecular weight is 431 g/mol. The van der Waals surface area contributed by atoms with Gasteiger partial charge in [-0.3, -0.25) is 19.9 Å². The summed E-state index contributed by atoms with van der Waals surface area (Å²) in [5, 5.41) is 22.4. The number of nitrogens with two attached hydrogens (primary N) is 2. The fraction of sp³-hybridized carbons (Fsp3) is 0.524. The van der Waals surface area contributed by atoms with E-state index >= 15 is 0 Å². The fourth-order valence-electron chi connectivity index (χ4n) is 4.54. The minimum Gasteiger partial charge on any atom is -0.480 e. The number of nitrogens with zero attached hydrogens (tertiary/aromatic N) is 2. The molecule has 0 saturated carbocycles. The normalized spacial score (nSPS) is 23.8. The molecule has 1 aromatic rings. The van der Waals surface area contributed by atoms with Crippen molar-refractivity contribution in [1.29, 1.82) is 0 Å². The number of carboxylic acid groups (broad SMARTS) is 2. The number of aliphatic imine (C=N–C) groups is 1. The van der Waals surface area contributed by atoms with Gasteiger partial charge in [-0.1, -0.05) is 24.3 Å². The van der Waals surface area contributed by atoms with Crippen LogP contribution in [0.4, 0.5) is 0 Å². The third-order valence-corrected chi connectivity index (χ3v) is 5.95. The molecule has 1 aromatic carbocycles. The first-order valence-electron chi connectivity index (χ1n) is 10.5. The van der Waals surface area contributed by atoms with E-state index in [2.05, 4.69) is 10.3 Å². The first-order valence-corrected chi connectivity index (χ1v) is 10.5. The van der Waals surface area contributed by atoms with Crippen molar-refractivity contribution in [2.24, 2.45) is 16.5 Å². The highest BCUT2D eigenvalue weighted by Crippen LogP contribution is 2.39. The summed E-state index contributed by atoms with van der Waals surface area (Å²) in [5.74, 6) is -2.56. The van der Waals surface area contributed by atoms with E-state index in [-0.39, 0.29) is 30.9 Å². The minimum absolute atomic E-state index is 0.0637. The molecule has 7 N–H and O–H groups in total. The van der Waals surface area contributed by atoms with E-state index in [0.717, 1.165) is 11.1 Å². The molecule has 0 spiro atoms. The molecule has 2 aliphatic rings. The number of hydrogen-bond donors (Lipinski definition) is 5. The van der Waals surface area contributed by atoms with Gasteiger partial charge in [0, 0.05) is 6.54 Å². The lowest BCUT2D eigenvalue weighted by Crippen LogP contribution is -2.57. The highest BCUT2D eigenvalue weighted by atomic mass is 16.4. The molecule has 10 heteroatoms. The molecule has 3 rings (SSSR count). The van der Waals surface area contributed by atoms with Crippen molar-refractivity contribution >= 4 is 23.8 Å². The maximum atomic E-state index is 13.5. The Kier molecular flexibility index (Phi) is 7.11. The zero-order valence-electron chi connectivity index (χ0n) is 17.2. The van der Waals surface area contributed by atoms with E-state index in [0.29, 0.717) is 32.1 Å². The monoisotopic (exact) mass is 431 g/mol. The zero-order chi connectivity index (χ0) is 22.5. The largest absolute Gasteiger partial charge is 0.480 e. The molecule has 2 aliphatic heterocycles. The van der Waals surface area contributed by atoms with E-state index in [1.165, 1.54) is 4.90 Å². The van der Waals surface area contributed by atoms with Gasteiger partial charge in [-0.05, 0) is 49.7 Å². The second-order valence-electron chi connectivity index (χ2n) is 8.01. The van der Waals surface area contributed by atoms with Crippen LogP contribution in [0.5, 0.6) is 0 Å². The predicted octanol–water partition coefficient (Wildman–Crippen LogP) is 0.215. The third kappa shape index (κ3) is 5.13. The Bertz CT molecular complexity index is 869. The molecule has 0 radical (unpaired) electrons. The molecule has 0 aliphatic carbocycles. The topological polar surface area (TPSA) is 171 Å². The van der Waals surface area contributed by atoms with Crippen LogP contribution in [0.3, 0.4) is 0 Å². The summed E-state index contributed by atoms with van der Waals surface area (Å²) in [4.78, 5) is 42.5. The summed E-state index contributed by atoms with van der Waals surface area (Å²) in [6.07, 6.45) is 2.71. The summed E-state index contributed by atoms with van der Waals surface area (Å²) in [5.41, 5.74) is 12.5. The Hall–Kier alpha value is -3.14. The Labute approximate surface area is 180 Å². The number of nitrogens with one attached hydrogen (secondary N) is 1. The van der Waals surface area contributed by atoms with Gasteiger partial charge in [-0.15, -0.1) is 0 Å². The maximum Gasteiger partial charge on any atom is 0.326 e. The van der Waals surface area contributed by atoms with E-state index in [1.807, 2.05) is 24.3 Å². The number of hydrogen-bond acceptors (Lipinski definition) is 5. The van der Waals surface area contributed by atoms with Crippen LogP contribution in [0.25, 0.3) is 0 Å². The van der Waals surface area contributed by atoms with Crippen molar-refractivity contribution in [3.8, 4) is 0 Å². The van der Waals surface area contributed by atoms with Gasteiger partial charge in [0.15, 0.2) is 5.96 Å². The fourth-order valence-corrected chi connectivity index (χ4v) is 4.54. The van der Waals surface area contributed by atoms with Gasteiger partial charge in [0.05, 0.1) is 12.1 Å². The second-order valence-corrected chi connectivity index (χ2v) is 8.01. The summed E-state index contributed by atoms with van der Waals surface area (Å²) in [7, 11) is 0. The number of piperidine rings is 1. The molecule has 2 unspecified atom stereocenters. The Morgan fingerprint density at radius 1 is 1.23 bits per heavy atom. The van der Waals surface area contributed by atoms with Crippen LogP contribution in [0.2, 0.25) is 0 Å². The standard InChI is InChI=1S/C21H29N5O5/c22-21(23)24-10-4-7-14(19(28)29)25-15-11-12-5-1-2-6-13(12)16-8-3-9-17(20(30)31)26(16)18(15)27/h1-2,5-6,14-17,25H,3-4,7-11H2,(H,28,29)(H,30,31)(H4,22,23,24)/t14-,15-,16?,17?/m0/s1. The van der Waals surface area contributed by atoms with Gasteiger partial charge >= 0.3 is 11.9 Å². The summed E-state index contributed by atoms with van der Waals surface area (Å²) in [6.45, 7) is 0.282. The highest BCUT2D eigenvalue weighted by molar-refractivity contribution is 5.89. The van der Waals surface area contributed by atoms with E-state index < -0.39 is 30.1 Å². The van der Waals surface area contributed by atoms with Crippen LogP contribution in [0.1, 0.15) is 49.3 Å². The average Bonchev–Trinajstić information content (AvgIpc) is 2.85. The van der Waals surface area contributed by atoms with Crippen LogP contribution < -0.4 is 16.8 Å². The van der Waals surface area contributed by atoms with Crippen LogP contribution in [0.15, 0.2) is 29.3 Å². The maximum absolute atomic E-state index is 13.5. The summed E-state index contributed by atoms with van der Waals surface area (Å²) >= 11 is 0. The number of fused-ring (bicyclic) bond motifs is 3. The predicted molar refractivity (Wildman–Crippen MR) is 113 cm³/mol. The molecule has 1 saturated heterocycles. The lowest BCUT2D eigenvalue weighted by atomic mass is 9.89. The first kappa shape index (κ1) is 22.5. The highest BCUT2D eigenvalue weighted by Gasteiger charge is 2.44. The first-order chi connectivity index (χ1) is 14.8. The molecular formula is C21H29N5O5. The molecule has 1 amide bonds. The Morgan fingerprint density at radius 3 is 2.65 bits per heavy atom. The van der Waals surface area contributed by atoms with Crippen molar-refractivity contribution in [2.45, 2.75) is 62.7 Å². The van der Waals surface area contributed by atoms with Gasteiger partial charge in [0.1, 0.15) is 12.1 Å². The van der Waals surface area contributed by atoms with Gasteiger partial charge in [-0.2, -0.15) is 0 Å². The molecule has 4 atom stereocenters. The third-order valence-electron chi connectivity index (χ3n) is 5.95. The lowest BCUT2D eigenvalue weighted by Gasteiger charge is -2.41. The minimum atomic E-state index is -1.08. The van der Waals surface area contributed by atoms with Crippen molar-refractivity contribution in [2.75, 3.05) is 6.54 Å². The molecule has 1 fully saturated rings. The van der Waals surface area contributed by atoms with E-state index in [9.17, 15) is 24.6 Å². The molecule has 168 valence electrons. The van der Waals surface area contributed by atoms with Crippen LogP contribution in [0, 0.1) is 0 Å². The lowest BCUT2D eigenvalue weighted by molar-refractivity contribution is -0.156.